The predicted molar refractivity (Wildman–Crippen MR) is 106 cm³/mol. The van der Waals surface area contributed by atoms with Crippen LogP contribution in [0.1, 0.15) is 69.2 Å². The molecule has 0 fully saturated rings. The van der Waals surface area contributed by atoms with Crippen molar-refractivity contribution in [1.29, 1.82) is 0 Å². The summed E-state index contributed by atoms with van der Waals surface area (Å²) in [5, 5.41) is 6.66. The molecule has 0 aromatic rings. The van der Waals surface area contributed by atoms with E-state index in [4.69, 9.17) is 0 Å². The van der Waals surface area contributed by atoms with Gasteiger partial charge in [0.25, 0.3) is 0 Å². The summed E-state index contributed by atoms with van der Waals surface area (Å²) in [6.45, 7) is 21.1. The Morgan fingerprint density at radius 1 is 0.680 bits per heavy atom. The molecule has 0 spiro atoms. The van der Waals surface area contributed by atoms with E-state index in [-0.39, 0.29) is 27.8 Å². The lowest BCUT2D eigenvalue weighted by molar-refractivity contribution is -0.122. The molecule has 4 heteroatoms. The minimum Gasteiger partial charge on any atom is -0.388 e. The second-order valence-electron chi connectivity index (χ2n) is 9.75. The molecule has 2 N–H and O–H groups in total. The quantitative estimate of drug-likeness (QED) is 0.643. The van der Waals surface area contributed by atoms with Crippen molar-refractivity contribution in [2.24, 2.45) is 16.2 Å². The van der Waals surface area contributed by atoms with Crippen LogP contribution in [-0.2, 0) is 9.59 Å². The molecular weight excluding hydrogens is 312 g/mol. The summed E-state index contributed by atoms with van der Waals surface area (Å²) in [5.74, 6) is 0.237. The highest BCUT2D eigenvalue weighted by molar-refractivity contribution is 5.94. The summed E-state index contributed by atoms with van der Waals surface area (Å²) >= 11 is 0. The Bertz CT molecular complexity index is 493. The van der Waals surface area contributed by atoms with Gasteiger partial charge in [-0.3, -0.25) is 9.59 Å². The molecule has 0 aromatic heterocycles. The Morgan fingerprint density at radius 2 is 0.960 bits per heavy atom. The van der Waals surface area contributed by atoms with E-state index in [1.54, 1.807) is 12.2 Å². The normalized spacial score (nSPS) is 14.3. The first-order chi connectivity index (χ1) is 11.0. The summed E-state index contributed by atoms with van der Waals surface area (Å²) < 4.78 is 0. The van der Waals surface area contributed by atoms with Gasteiger partial charge in [0.2, 0.25) is 0 Å². The minimum absolute atomic E-state index is 0.0280. The van der Waals surface area contributed by atoms with E-state index >= 15 is 0 Å². The number of ketones is 2. The molecule has 4 nitrogen and oxygen atoms in total. The van der Waals surface area contributed by atoms with Crippen LogP contribution in [0, 0.1) is 16.2 Å². The Kier molecular flexibility index (Phi) is 8.13. The highest BCUT2D eigenvalue weighted by Crippen LogP contribution is 2.18. The zero-order chi connectivity index (χ0) is 20.1. The first-order valence-electron chi connectivity index (χ1n) is 8.98. The van der Waals surface area contributed by atoms with Crippen LogP contribution in [0.4, 0.5) is 0 Å². The van der Waals surface area contributed by atoms with Gasteiger partial charge < -0.3 is 10.6 Å². The molecule has 0 rings (SSSR count). The Balaban J connectivity index is 4.61. The number of hydrogen-bond acceptors (Lipinski definition) is 4. The van der Waals surface area contributed by atoms with Gasteiger partial charge in [-0.05, 0) is 19.3 Å². The lowest BCUT2D eigenvalue weighted by Gasteiger charge is -2.27. The molecule has 0 aliphatic heterocycles. The molecule has 0 saturated heterocycles. The van der Waals surface area contributed by atoms with Gasteiger partial charge in [0.15, 0.2) is 11.6 Å². The van der Waals surface area contributed by atoms with Crippen molar-refractivity contribution in [3.63, 3.8) is 0 Å². The van der Waals surface area contributed by atoms with E-state index in [1.165, 1.54) is 0 Å². The van der Waals surface area contributed by atoms with Crippen LogP contribution in [-0.4, -0.2) is 24.7 Å². The van der Waals surface area contributed by atoms with Crippen LogP contribution in [0.3, 0.4) is 0 Å². The molecule has 0 aliphatic carbocycles. The molecule has 0 atom stereocenters. The van der Waals surface area contributed by atoms with Crippen LogP contribution in [0.2, 0.25) is 0 Å². The van der Waals surface area contributed by atoms with Crippen molar-refractivity contribution >= 4 is 11.6 Å². The van der Waals surface area contributed by atoms with Crippen molar-refractivity contribution in [3.05, 3.63) is 23.5 Å². The molecule has 0 heterocycles. The summed E-state index contributed by atoms with van der Waals surface area (Å²) in [6, 6.07) is 0. The van der Waals surface area contributed by atoms with Crippen molar-refractivity contribution in [3.8, 4) is 0 Å². The van der Waals surface area contributed by atoms with Gasteiger partial charge in [-0.1, -0.05) is 55.4 Å². The third-order valence-corrected chi connectivity index (χ3v) is 3.87. The van der Waals surface area contributed by atoms with Gasteiger partial charge in [0, 0.05) is 47.5 Å². The number of carbonyl (C=O) groups excluding carboxylic acids is 2. The highest BCUT2D eigenvalue weighted by Gasteiger charge is 2.21. The molecule has 144 valence electrons. The largest absolute Gasteiger partial charge is 0.388 e. The predicted octanol–water partition coefficient (Wildman–Crippen LogP) is 4.23. The average molecular weight is 351 g/mol. The molecule has 25 heavy (non-hydrogen) atoms. The van der Waals surface area contributed by atoms with Crippen LogP contribution < -0.4 is 10.6 Å². The fourth-order valence-corrected chi connectivity index (χ4v) is 1.75. The second kappa shape index (κ2) is 8.68. The molecule has 0 aromatic carbocycles. The molecule has 0 unspecified atom stereocenters. The van der Waals surface area contributed by atoms with Crippen LogP contribution in [0.25, 0.3) is 0 Å². The van der Waals surface area contributed by atoms with Crippen molar-refractivity contribution in [2.45, 2.75) is 69.2 Å². The van der Waals surface area contributed by atoms with E-state index in [2.05, 4.69) is 24.5 Å². The average Bonchev–Trinajstić information content (AvgIpc) is 2.41. The van der Waals surface area contributed by atoms with E-state index < -0.39 is 0 Å². The van der Waals surface area contributed by atoms with Crippen LogP contribution >= 0.6 is 0 Å². The smallest absolute Gasteiger partial charge is 0.162 e. The Labute approximate surface area is 154 Å². The van der Waals surface area contributed by atoms with E-state index in [1.807, 2.05) is 55.4 Å². The number of carbonyl (C=O) groups is 2. The standard InChI is InChI=1S/C21H38N2O2/c1-15(11-17(24)19(3,4)5)22-13-21(9,10)14-23-16(2)12-18(25)20(6,7)8/h11-12,22-23H,13-14H2,1-10H3/b15-11+,16-12+. The van der Waals surface area contributed by atoms with Crippen molar-refractivity contribution in [1.82, 2.24) is 10.6 Å². The van der Waals surface area contributed by atoms with Gasteiger partial charge in [-0.2, -0.15) is 0 Å². The van der Waals surface area contributed by atoms with Crippen LogP contribution in [0.5, 0.6) is 0 Å². The molecular formula is C21H38N2O2. The monoisotopic (exact) mass is 350 g/mol. The molecule has 0 aliphatic rings. The fourth-order valence-electron chi connectivity index (χ4n) is 1.75. The topological polar surface area (TPSA) is 58.2 Å². The van der Waals surface area contributed by atoms with E-state index in [0.717, 1.165) is 24.5 Å². The summed E-state index contributed by atoms with van der Waals surface area (Å²) in [6.07, 6.45) is 3.35. The maximum atomic E-state index is 12.0. The fraction of sp³-hybridized carbons (Fsp3) is 0.714. The third-order valence-electron chi connectivity index (χ3n) is 3.87. The first-order valence-corrected chi connectivity index (χ1v) is 8.98. The number of allylic oxidation sites excluding steroid dienone is 4. The summed E-state index contributed by atoms with van der Waals surface area (Å²) in [7, 11) is 0. The molecule has 0 radical (unpaired) electrons. The Morgan fingerprint density at radius 3 is 1.20 bits per heavy atom. The summed E-state index contributed by atoms with van der Waals surface area (Å²) in [5.41, 5.74) is 1.01. The van der Waals surface area contributed by atoms with Gasteiger partial charge in [0.05, 0.1) is 0 Å². The lowest BCUT2D eigenvalue weighted by Crippen LogP contribution is -2.37. The first kappa shape index (κ1) is 23.4. The molecule has 0 bridgehead atoms. The van der Waals surface area contributed by atoms with Gasteiger partial charge >= 0.3 is 0 Å². The lowest BCUT2D eigenvalue weighted by atomic mass is 9.90. The minimum atomic E-state index is -0.360. The molecule has 0 saturated carbocycles. The van der Waals surface area contributed by atoms with Crippen molar-refractivity contribution in [2.75, 3.05) is 13.1 Å². The highest BCUT2D eigenvalue weighted by atomic mass is 16.1. The number of hydrogen-bond donors (Lipinski definition) is 2. The maximum absolute atomic E-state index is 12.0. The molecule has 0 amide bonds. The SMILES string of the molecule is C/C(=C\C(=O)C(C)(C)C)NCC(C)(C)CN/C(C)=C/C(=O)C(C)(C)C. The zero-order valence-corrected chi connectivity index (χ0v) is 17.9. The third kappa shape index (κ3) is 10.1. The second-order valence-corrected chi connectivity index (χ2v) is 9.75. The number of nitrogens with one attached hydrogen (secondary N) is 2. The summed E-state index contributed by atoms with van der Waals surface area (Å²) in [4.78, 5) is 24.1. The van der Waals surface area contributed by atoms with Gasteiger partial charge in [0.1, 0.15) is 0 Å². The number of rotatable bonds is 8. The van der Waals surface area contributed by atoms with Gasteiger partial charge in [-0.25, -0.2) is 0 Å². The van der Waals surface area contributed by atoms with Gasteiger partial charge in [-0.15, -0.1) is 0 Å². The Hall–Kier alpha value is -1.58. The van der Waals surface area contributed by atoms with Crippen LogP contribution in [0.15, 0.2) is 23.5 Å². The zero-order valence-electron chi connectivity index (χ0n) is 17.9. The maximum Gasteiger partial charge on any atom is 0.162 e. The van der Waals surface area contributed by atoms with E-state index in [9.17, 15) is 9.59 Å². The van der Waals surface area contributed by atoms with Crippen molar-refractivity contribution < 1.29 is 9.59 Å². The van der Waals surface area contributed by atoms with E-state index in [0.29, 0.717) is 0 Å².